The van der Waals surface area contributed by atoms with Crippen LogP contribution in [-0.2, 0) is 6.42 Å². The number of hydrogen-bond acceptors (Lipinski definition) is 5. The van der Waals surface area contributed by atoms with Crippen LogP contribution >= 0.6 is 0 Å². The number of carbonyl (C=O) groups excluding carboxylic acids is 2. The van der Waals surface area contributed by atoms with Gasteiger partial charge in [0.15, 0.2) is 17.3 Å². The highest BCUT2D eigenvalue weighted by Crippen LogP contribution is 2.33. The topological polar surface area (TPSA) is 97.5 Å². The molecule has 0 saturated carbocycles. The van der Waals surface area contributed by atoms with E-state index in [4.69, 9.17) is 9.47 Å². The highest BCUT2D eigenvalue weighted by atomic mass is 16.5. The highest BCUT2D eigenvalue weighted by molar-refractivity contribution is 6.02. The number of nitrogens with one attached hydrogen (secondary N) is 2. The van der Waals surface area contributed by atoms with Gasteiger partial charge in [-0.2, -0.15) is 0 Å². The van der Waals surface area contributed by atoms with Crippen molar-refractivity contribution in [2.75, 3.05) is 13.7 Å². The molecule has 0 bridgehead atoms. The molecule has 1 unspecified atom stereocenters. The van der Waals surface area contributed by atoms with Gasteiger partial charge in [0.05, 0.1) is 19.8 Å². The Morgan fingerprint density at radius 2 is 1.93 bits per heavy atom. The number of aromatic nitrogens is 1. The lowest BCUT2D eigenvalue weighted by atomic mass is 9.75. The largest absolute Gasteiger partial charge is 0.493 e. The predicted molar refractivity (Wildman–Crippen MR) is 114 cm³/mol. The molecule has 2 aromatic rings. The van der Waals surface area contributed by atoms with Gasteiger partial charge in [0.1, 0.15) is 5.56 Å². The number of pyridine rings is 1. The molecule has 1 aromatic heterocycles. The fraction of sp³-hybridized carbons (Fsp3) is 0.435. The highest BCUT2D eigenvalue weighted by Gasteiger charge is 2.32. The van der Waals surface area contributed by atoms with Crippen LogP contribution in [0.5, 0.6) is 11.5 Å². The van der Waals surface area contributed by atoms with E-state index < -0.39 is 11.5 Å². The fourth-order valence-electron chi connectivity index (χ4n) is 3.78. The van der Waals surface area contributed by atoms with E-state index in [-0.39, 0.29) is 22.8 Å². The molecule has 1 aromatic carbocycles. The molecule has 160 valence electrons. The summed E-state index contributed by atoms with van der Waals surface area (Å²) >= 11 is 0. The van der Waals surface area contributed by atoms with Gasteiger partial charge in [-0.15, -0.1) is 0 Å². The van der Waals surface area contributed by atoms with Crippen molar-refractivity contribution in [3.8, 4) is 11.5 Å². The lowest BCUT2D eigenvalue weighted by molar-refractivity contribution is 0.0910. The van der Waals surface area contributed by atoms with Crippen molar-refractivity contribution in [2.24, 2.45) is 5.41 Å². The number of carbonyl (C=O) groups is 2. The molecule has 1 aliphatic rings. The number of hydrogen-bond donors (Lipinski definition) is 2. The van der Waals surface area contributed by atoms with Gasteiger partial charge in [0, 0.05) is 17.7 Å². The quantitative estimate of drug-likeness (QED) is 0.758. The van der Waals surface area contributed by atoms with E-state index in [1.54, 1.807) is 19.2 Å². The summed E-state index contributed by atoms with van der Waals surface area (Å²) in [6.07, 6.45) is 0.975. The Bertz CT molecular complexity index is 1040. The number of methoxy groups -OCH3 is 1. The first-order chi connectivity index (χ1) is 14.1. The Labute approximate surface area is 175 Å². The van der Waals surface area contributed by atoms with Gasteiger partial charge in [-0.25, -0.2) is 0 Å². The van der Waals surface area contributed by atoms with Crippen LogP contribution in [0.1, 0.15) is 72.1 Å². The second-order valence-electron chi connectivity index (χ2n) is 8.38. The molecule has 1 atom stereocenters. The van der Waals surface area contributed by atoms with E-state index >= 15 is 0 Å². The van der Waals surface area contributed by atoms with Crippen LogP contribution in [-0.4, -0.2) is 30.4 Å². The van der Waals surface area contributed by atoms with E-state index in [0.717, 1.165) is 5.56 Å². The first-order valence-corrected chi connectivity index (χ1v) is 10.1. The monoisotopic (exact) mass is 412 g/mol. The first kappa shape index (κ1) is 21.6. The van der Waals surface area contributed by atoms with Gasteiger partial charge in [-0.3, -0.25) is 14.4 Å². The van der Waals surface area contributed by atoms with Crippen molar-refractivity contribution >= 4 is 11.7 Å². The van der Waals surface area contributed by atoms with Crippen molar-refractivity contribution in [2.45, 2.75) is 46.6 Å². The molecule has 0 spiro atoms. The fourth-order valence-corrected chi connectivity index (χ4v) is 3.78. The van der Waals surface area contributed by atoms with E-state index in [1.165, 1.54) is 6.07 Å². The molecule has 0 fully saturated rings. The molecule has 1 aliphatic carbocycles. The lowest BCUT2D eigenvalue weighted by Crippen LogP contribution is -2.35. The van der Waals surface area contributed by atoms with E-state index in [2.05, 4.69) is 10.3 Å². The number of amides is 1. The van der Waals surface area contributed by atoms with Crippen molar-refractivity contribution in [1.29, 1.82) is 0 Å². The Hall–Kier alpha value is -3.09. The van der Waals surface area contributed by atoms with Crippen LogP contribution in [0.15, 0.2) is 29.1 Å². The van der Waals surface area contributed by atoms with Gasteiger partial charge < -0.3 is 19.8 Å². The molecule has 2 N–H and O–H groups in total. The maximum atomic E-state index is 12.8. The third-order valence-corrected chi connectivity index (χ3v) is 5.30. The molecule has 30 heavy (non-hydrogen) atoms. The standard InChI is InChI=1S/C23H28N2O5/c1-6-30-19-8-7-14(9-20(19)29-5)13(2)24-21(27)16-10-15-17(25-22(16)28)11-23(3,4)12-18(15)26/h7-10,13H,6,11-12H2,1-5H3,(H,24,27)(H,25,28). The number of ketones is 1. The number of Topliss-reactive ketones (excluding diaryl/α,β-unsaturated/α-hetero) is 1. The molecular formula is C23H28N2O5. The van der Waals surface area contributed by atoms with Crippen LogP contribution in [0, 0.1) is 5.41 Å². The second-order valence-corrected chi connectivity index (χ2v) is 8.38. The average Bonchev–Trinajstić information content (AvgIpc) is 2.66. The maximum Gasteiger partial charge on any atom is 0.261 e. The van der Waals surface area contributed by atoms with Crippen LogP contribution in [0.3, 0.4) is 0 Å². The summed E-state index contributed by atoms with van der Waals surface area (Å²) in [5, 5.41) is 2.83. The van der Waals surface area contributed by atoms with Crippen molar-refractivity contribution < 1.29 is 19.1 Å². The number of benzene rings is 1. The smallest absolute Gasteiger partial charge is 0.261 e. The predicted octanol–water partition coefficient (Wildman–Crippen LogP) is 3.43. The summed E-state index contributed by atoms with van der Waals surface area (Å²) in [4.78, 5) is 40.6. The number of H-pyrrole nitrogens is 1. The van der Waals surface area contributed by atoms with Crippen LogP contribution in [0.25, 0.3) is 0 Å². The van der Waals surface area contributed by atoms with E-state index in [0.29, 0.717) is 42.2 Å². The SMILES string of the molecule is CCOc1ccc(C(C)NC(=O)c2cc3c([nH]c2=O)CC(C)(C)CC3=O)cc1OC. The minimum atomic E-state index is -0.531. The minimum Gasteiger partial charge on any atom is -0.493 e. The van der Waals surface area contributed by atoms with Crippen LogP contribution in [0.2, 0.25) is 0 Å². The van der Waals surface area contributed by atoms with Gasteiger partial charge in [0.2, 0.25) is 0 Å². The molecule has 1 amide bonds. The average molecular weight is 412 g/mol. The normalized spacial score (nSPS) is 15.8. The third-order valence-electron chi connectivity index (χ3n) is 5.30. The lowest BCUT2D eigenvalue weighted by Gasteiger charge is -2.29. The molecular weight excluding hydrogens is 384 g/mol. The molecule has 0 saturated heterocycles. The number of aromatic amines is 1. The Morgan fingerprint density at radius 1 is 1.20 bits per heavy atom. The third kappa shape index (κ3) is 4.40. The molecule has 0 radical (unpaired) electrons. The van der Waals surface area contributed by atoms with Crippen molar-refractivity contribution in [1.82, 2.24) is 10.3 Å². The molecule has 0 aliphatic heterocycles. The summed E-state index contributed by atoms with van der Waals surface area (Å²) < 4.78 is 10.9. The molecule has 7 heteroatoms. The van der Waals surface area contributed by atoms with Gasteiger partial charge >= 0.3 is 0 Å². The minimum absolute atomic E-state index is 0.0594. The van der Waals surface area contributed by atoms with Crippen molar-refractivity contribution in [3.05, 3.63) is 57.0 Å². The zero-order valence-corrected chi connectivity index (χ0v) is 18.0. The summed E-state index contributed by atoms with van der Waals surface area (Å²) in [6.45, 7) is 8.18. The van der Waals surface area contributed by atoms with Gasteiger partial charge in [-0.1, -0.05) is 19.9 Å². The van der Waals surface area contributed by atoms with E-state index in [1.807, 2.05) is 33.8 Å². The maximum absolute atomic E-state index is 12.8. The molecule has 1 heterocycles. The number of fused-ring (bicyclic) bond motifs is 1. The van der Waals surface area contributed by atoms with E-state index in [9.17, 15) is 14.4 Å². The summed E-state index contributed by atoms with van der Waals surface area (Å²) in [7, 11) is 1.55. The Balaban J connectivity index is 1.84. The zero-order chi connectivity index (χ0) is 22.1. The second kappa shape index (κ2) is 8.34. The van der Waals surface area contributed by atoms with Gasteiger partial charge in [0.25, 0.3) is 11.5 Å². The number of ether oxygens (including phenoxy) is 2. The number of rotatable bonds is 6. The Morgan fingerprint density at radius 3 is 2.60 bits per heavy atom. The summed E-state index contributed by atoms with van der Waals surface area (Å²) in [6, 6.07) is 6.45. The first-order valence-electron chi connectivity index (χ1n) is 10.1. The zero-order valence-electron chi connectivity index (χ0n) is 18.0. The molecule has 3 rings (SSSR count). The Kier molecular flexibility index (Phi) is 6.01. The molecule has 7 nitrogen and oxygen atoms in total. The van der Waals surface area contributed by atoms with Crippen LogP contribution in [0.4, 0.5) is 0 Å². The van der Waals surface area contributed by atoms with Crippen LogP contribution < -0.4 is 20.3 Å². The summed E-state index contributed by atoms with van der Waals surface area (Å²) in [5.74, 6) is 0.595. The summed E-state index contributed by atoms with van der Waals surface area (Å²) in [5.41, 5.74) is 1.06. The van der Waals surface area contributed by atoms with Crippen molar-refractivity contribution in [3.63, 3.8) is 0 Å². The van der Waals surface area contributed by atoms with Gasteiger partial charge in [-0.05, 0) is 49.4 Å².